The lowest BCUT2D eigenvalue weighted by Crippen LogP contribution is -2.48. The molecular formula is C17H27NO2. The maximum absolute atomic E-state index is 9.23. The molecule has 3 heteroatoms. The number of fused-ring (bicyclic) bond motifs is 1. The molecule has 0 amide bonds. The number of hydrogen-bond donors (Lipinski definition) is 2. The molecule has 2 N–H and O–H groups in total. The van der Waals surface area contributed by atoms with Crippen molar-refractivity contribution < 1.29 is 9.84 Å². The van der Waals surface area contributed by atoms with Crippen molar-refractivity contribution in [2.75, 3.05) is 26.9 Å². The van der Waals surface area contributed by atoms with E-state index in [2.05, 4.69) is 36.5 Å². The van der Waals surface area contributed by atoms with Crippen LogP contribution in [0.25, 0.3) is 0 Å². The average molecular weight is 277 g/mol. The Balaban J connectivity index is 2.00. The Kier molecular flexibility index (Phi) is 5.58. The summed E-state index contributed by atoms with van der Waals surface area (Å²) >= 11 is 0. The number of ether oxygens (including phenoxy) is 1. The highest BCUT2D eigenvalue weighted by Gasteiger charge is 2.26. The molecule has 0 aromatic heterocycles. The van der Waals surface area contributed by atoms with Crippen LogP contribution in [0.3, 0.4) is 0 Å². The van der Waals surface area contributed by atoms with Gasteiger partial charge in [-0.05, 0) is 49.7 Å². The van der Waals surface area contributed by atoms with Gasteiger partial charge in [-0.15, -0.1) is 0 Å². The first-order valence-corrected chi connectivity index (χ1v) is 7.61. The minimum Gasteiger partial charge on any atom is -0.396 e. The van der Waals surface area contributed by atoms with E-state index in [9.17, 15) is 5.11 Å². The fourth-order valence-corrected chi connectivity index (χ4v) is 3.21. The molecule has 0 radical (unpaired) electrons. The smallest absolute Gasteiger partial charge is 0.0642 e. The lowest BCUT2D eigenvalue weighted by molar-refractivity contribution is 0.0966. The van der Waals surface area contributed by atoms with Crippen molar-refractivity contribution in [2.45, 2.75) is 44.1 Å². The normalized spacial score (nSPS) is 21.2. The van der Waals surface area contributed by atoms with Crippen molar-refractivity contribution in [3.8, 4) is 0 Å². The minimum absolute atomic E-state index is 0.143. The predicted molar refractivity (Wildman–Crippen MR) is 82.1 cm³/mol. The molecule has 3 nitrogen and oxygen atoms in total. The van der Waals surface area contributed by atoms with Crippen LogP contribution in [0.1, 0.15) is 43.2 Å². The van der Waals surface area contributed by atoms with Crippen molar-refractivity contribution >= 4 is 0 Å². The van der Waals surface area contributed by atoms with Crippen LogP contribution in [0.2, 0.25) is 0 Å². The highest BCUT2D eigenvalue weighted by atomic mass is 16.5. The van der Waals surface area contributed by atoms with Crippen LogP contribution in [-0.4, -0.2) is 37.5 Å². The fraction of sp³-hybridized carbons (Fsp3) is 0.647. The third kappa shape index (κ3) is 3.81. The van der Waals surface area contributed by atoms with Crippen LogP contribution in [0.15, 0.2) is 24.3 Å². The molecule has 2 unspecified atom stereocenters. The monoisotopic (exact) mass is 277 g/mol. The molecule has 0 aliphatic heterocycles. The second-order valence-electron chi connectivity index (χ2n) is 6.14. The first-order valence-electron chi connectivity index (χ1n) is 7.61. The Bertz CT molecular complexity index is 413. The molecule has 0 spiro atoms. The molecule has 1 aromatic carbocycles. The molecule has 1 aliphatic carbocycles. The second kappa shape index (κ2) is 7.21. The van der Waals surface area contributed by atoms with Crippen molar-refractivity contribution in [1.82, 2.24) is 5.32 Å². The molecule has 0 bridgehead atoms. The van der Waals surface area contributed by atoms with E-state index in [1.165, 1.54) is 30.4 Å². The Labute approximate surface area is 122 Å². The zero-order valence-electron chi connectivity index (χ0n) is 12.7. The van der Waals surface area contributed by atoms with E-state index in [1.54, 1.807) is 7.11 Å². The molecule has 2 atom stereocenters. The van der Waals surface area contributed by atoms with Gasteiger partial charge in [0, 0.05) is 25.8 Å². The van der Waals surface area contributed by atoms with E-state index in [4.69, 9.17) is 4.74 Å². The zero-order chi connectivity index (χ0) is 14.4. The van der Waals surface area contributed by atoms with Crippen LogP contribution < -0.4 is 5.32 Å². The fourth-order valence-electron chi connectivity index (χ4n) is 3.21. The van der Waals surface area contributed by atoms with E-state index < -0.39 is 0 Å². The molecule has 0 heterocycles. The number of aryl methyl sites for hydroxylation is 1. The number of benzene rings is 1. The van der Waals surface area contributed by atoms with E-state index in [0.29, 0.717) is 12.5 Å². The quantitative estimate of drug-likeness (QED) is 0.804. The highest BCUT2D eigenvalue weighted by Crippen LogP contribution is 2.31. The number of rotatable bonds is 7. The molecule has 0 saturated heterocycles. The van der Waals surface area contributed by atoms with E-state index in [1.807, 2.05) is 0 Å². The zero-order valence-corrected chi connectivity index (χ0v) is 12.7. The van der Waals surface area contributed by atoms with Crippen LogP contribution in [0.4, 0.5) is 0 Å². The van der Waals surface area contributed by atoms with Crippen LogP contribution in [0, 0.1) is 0 Å². The summed E-state index contributed by atoms with van der Waals surface area (Å²) in [6.07, 6.45) is 4.43. The molecule has 20 heavy (non-hydrogen) atoms. The summed E-state index contributed by atoms with van der Waals surface area (Å²) in [6, 6.07) is 8.79. The Hall–Kier alpha value is -0.900. The summed E-state index contributed by atoms with van der Waals surface area (Å²) in [5.74, 6) is 0.579. The standard InChI is InChI=1S/C17H27NO2/c1-17(10-11-19,13-20-2)18-12-15-8-5-7-14-6-3-4-9-16(14)15/h3-4,6,9,15,18-19H,5,7-8,10-13H2,1-2H3. The minimum atomic E-state index is -0.143. The molecule has 0 fully saturated rings. The van der Waals surface area contributed by atoms with E-state index in [-0.39, 0.29) is 12.1 Å². The highest BCUT2D eigenvalue weighted by molar-refractivity contribution is 5.32. The molecule has 2 rings (SSSR count). The van der Waals surface area contributed by atoms with Gasteiger partial charge in [-0.1, -0.05) is 24.3 Å². The summed E-state index contributed by atoms with van der Waals surface area (Å²) in [5, 5.41) is 12.9. The molecule has 1 aliphatic rings. The molecular weight excluding hydrogens is 250 g/mol. The van der Waals surface area contributed by atoms with Gasteiger partial charge in [0.05, 0.1) is 6.61 Å². The maximum Gasteiger partial charge on any atom is 0.0642 e. The average Bonchev–Trinajstić information content (AvgIpc) is 2.46. The van der Waals surface area contributed by atoms with Crippen molar-refractivity contribution in [2.24, 2.45) is 0 Å². The van der Waals surface area contributed by atoms with Gasteiger partial charge in [0.2, 0.25) is 0 Å². The van der Waals surface area contributed by atoms with Crippen LogP contribution in [-0.2, 0) is 11.2 Å². The largest absolute Gasteiger partial charge is 0.396 e. The number of methoxy groups -OCH3 is 1. The van der Waals surface area contributed by atoms with Gasteiger partial charge in [0.15, 0.2) is 0 Å². The van der Waals surface area contributed by atoms with Gasteiger partial charge in [-0.3, -0.25) is 0 Å². The van der Waals surface area contributed by atoms with Crippen molar-refractivity contribution in [3.05, 3.63) is 35.4 Å². The van der Waals surface area contributed by atoms with Gasteiger partial charge < -0.3 is 15.2 Å². The number of aliphatic hydroxyl groups is 1. The first kappa shape index (κ1) is 15.5. The van der Waals surface area contributed by atoms with Gasteiger partial charge in [0.25, 0.3) is 0 Å². The Morgan fingerprint density at radius 1 is 1.40 bits per heavy atom. The van der Waals surface area contributed by atoms with Gasteiger partial charge >= 0.3 is 0 Å². The molecule has 112 valence electrons. The SMILES string of the molecule is COCC(C)(CCO)NCC1CCCc2ccccc21. The summed E-state index contributed by atoms with van der Waals surface area (Å²) in [6.45, 7) is 3.90. The van der Waals surface area contributed by atoms with Gasteiger partial charge in [-0.2, -0.15) is 0 Å². The molecule has 1 aromatic rings. The van der Waals surface area contributed by atoms with Gasteiger partial charge in [-0.25, -0.2) is 0 Å². The lowest BCUT2D eigenvalue weighted by atomic mass is 9.82. The predicted octanol–water partition coefficient (Wildman–Crippen LogP) is 2.48. The third-order valence-corrected chi connectivity index (χ3v) is 4.40. The Morgan fingerprint density at radius 3 is 2.95 bits per heavy atom. The second-order valence-corrected chi connectivity index (χ2v) is 6.14. The third-order valence-electron chi connectivity index (χ3n) is 4.40. The van der Waals surface area contributed by atoms with E-state index >= 15 is 0 Å². The van der Waals surface area contributed by atoms with Crippen molar-refractivity contribution in [3.63, 3.8) is 0 Å². The summed E-state index contributed by atoms with van der Waals surface area (Å²) in [4.78, 5) is 0. The lowest BCUT2D eigenvalue weighted by Gasteiger charge is -2.33. The first-order chi connectivity index (χ1) is 9.68. The summed E-state index contributed by atoms with van der Waals surface area (Å²) in [5.41, 5.74) is 2.85. The van der Waals surface area contributed by atoms with Crippen LogP contribution in [0.5, 0.6) is 0 Å². The Morgan fingerprint density at radius 2 is 2.20 bits per heavy atom. The van der Waals surface area contributed by atoms with Crippen LogP contribution >= 0.6 is 0 Å². The summed E-state index contributed by atoms with van der Waals surface area (Å²) in [7, 11) is 1.72. The maximum atomic E-state index is 9.23. The molecule has 0 saturated carbocycles. The number of aliphatic hydroxyl groups excluding tert-OH is 1. The number of nitrogens with one attached hydrogen (secondary N) is 1. The van der Waals surface area contributed by atoms with Gasteiger partial charge in [0.1, 0.15) is 0 Å². The van der Waals surface area contributed by atoms with Crippen molar-refractivity contribution in [1.29, 1.82) is 0 Å². The topological polar surface area (TPSA) is 41.5 Å². The summed E-state index contributed by atoms with van der Waals surface area (Å²) < 4.78 is 5.30. The van der Waals surface area contributed by atoms with E-state index in [0.717, 1.165) is 13.0 Å². The number of hydrogen-bond acceptors (Lipinski definition) is 3.